The van der Waals surface area contributed by atoms with Gasteiger partial charge in [-0.3, -0.25) is 18.9 Å². The molecule has 35 heavy (non-hydrogen) atoms. The Morgan fingerprint density at radius 2 is 1.86 bits per heavy atom. The molecule has 2 aromatic heterocycles. The molecule has 8 nitrogen and oxygen atoms in total. The Balaban J connectivity index is 1.19. The number of para-hydroxylation sites is 1. The second-order valence-electron chi connectivity index (χ2n) is 9.41. The highest BCUT2D eigenvalue weighted by molar-refractivity contribution is 5.95. The van der Waals surface area contributed by atoms with Crippen LogP contribution in [0.4, 0.5) is 5.69 Å². The number of imidazole rings is 1. The lowest BCUT2D eigenvalue weighted by Crippen LogP contribution is -2.52. The Hall–Kier alpha value is -3.23. The number of carbonyl (C=O) groups excluding carboxylic acids is 2. The second kappa shape index (κ2) is 11.0. The maximum atomic E-state index is 13.5. The lowest BCUT2D eigenvalue weighted by Gasteiger charge is -2.37. The van der Waals surface area contributed by atoms with Crippen LogP contribution in [0.5, 0.6) is 0 Å². The number of hydrogen-bond donors (Lipinski definition) is 1. The molecule has 2 fully saturated rings. The first kappa shape index (κ1) is 23.5. The molecule has 8 heteroatoms. The molecular formula is C27H33N5O3. The smallest absolute Gasteiger partial charge is 0.287 e. The Labute approximate surface area is 205 Å². The number of benzene rings is 1. The summed E-state index contributed by atoms with van der Waals surface area (Å²) in [5.74, 6) is 0.256. The Morgan fingerprint density at radius 3 is 2.69 bits per heavy atom. The van der Waals surface area contributed by atoms with E-state index in [0.717, 1.165) is 24.0 Å². The quantitative estimate of drug-likeness (QED) is 0.568. The fourth-order valence-corrected chi connectivity index (χ4v) is 5.20. The number of pyridine rings is 1. The van der Waals surface area contributed by atoms with Crippen molar-refractivity contribution < 1.29 is 14.3 Å². The molecule has 1 aliphatic carbocycles. The van der Waals surface area contributed by atoms with Gasteiger partial charge < -0.3 is 15.0 Å². The number of hydrogen-bond acceptors (Lipinski definition) is 5. The van der Waals surface area contributed by atoms with Gasteiger partial charge in [0.2, 0.25) is 11.7 Å². The van der Waals surface area contributed by atoms with Crippen molar-refractivity contribution in [3.8, 4) is 0 Å². The van der Waals surface area contributed by atoms with Gasteiger partial charge in [-0.05, 0) is 37.1 Å². The standard InChI is InChI=1S/C27H33N5O3/c33-25(32(21-9-3-1-4-10-21)22-11-5-2-6-12-22)20-30-15-16-35-24(19-30)18-29-27(34)26-28-17-23-13-7-8-14-31(23)26/h1,3-4,7-10,13-14,17,22,24H,2,5-6,11-12,15-16,18-20H2,(H,29,34). The van der Waals surface area contributed by atoms with Crippen LogP contribution < -0.4 is 10.2 Å². The zero-order chi connectivity index (χ0) is 24.0. The van der Waals surface area contributed by atoms with Crippen LogP contribution >= 0.6 is 0 Å². The van der Waals surface area contributed by atoms with Gasteiger partial charge in [-0.2, -0.15) is 0 Å². The summed E-state index contributed by atoms with van der Waals surface area (Å²) in [5, 5.41) is 2.95. The maximum absolute atomic E-state index is 13.5. The lowest BCUT2D eigenvalue weighted by molar-refractivity contribution is -0.122. The van der Waals surface area contributed by atoms with Gasteiger partial charge in [0, 0.05) is 37.6 Å². The van der Waals surface area contributed by atoms with Crippen molar-refractivity contribution in [2.75, 3.05) is 37.7 Å². The van der Waals surface area contributed by atoms with Crippen molar-refractivity contribution in [2.24, 2.45) is 0 Å². The fraction of sp³-hybridized carbons (Fsp3) is 0.444. The number of rotatable bonds is 7. The van der Waals surface area contributed by atoms with E-state index in [0.29, 0.717) is 38.6 Å². The molecule has 0 radical (unpaired) electrons. The molecule has 1 aliphatic heterocycles. The summed E-state index contributed by atoms with van der Waals surface area (Å²) >= 11 is 0. The average molecular weight is 476 g/mol. The number of fused-ring (bicyclic) bond motifs is 1. The van der Waals surface area contributed by atoms with Gasteiger partial charge in [-0.1, -0.05) is 43.5 Å². The Bertz CT molecular complexity index is 1140. The molecule has 3 aromatic rings. The third-order valence-corrected chi connectivity index (χ3v) is 6.96. The first-order valence-electron chi connectivity index (χ1n) is 12.6. The summed E-state index contributed by atoms with van der Waals surface area (Å²) < 4.78 is 7.67. The van der Waals surface area contributed by atoms with Crippen molar-refractivity contribution in [1.29, 1.82) is 0 Å². The summed E-state index contributed by atoms with van der Waals surface area (Å²) in [4.78, 5) is 34.7. The molecule has 2 amide bonds. The molecule has 0 bridgehead atoms. The Morgan fingerprint density at radius 1 is 1.06 bits per heavy atom. The van der Waals surface area contributed by atoms with Crippen molar-refractivity contribution in [3.05, 3.63) is 66.7 Å². The van der Waals surface area contributed by atoms with E-state index in [4.69, 9.17) is 4.74 Å². The van der Waals surface area contributed by atoms with Crippen molar-refractivity contribution in [3.63, 3.8) is 0 Å². The van der Waals surface area contributed by atoms with E-state index in [1.807, 2.05) is 59.6 Å². The van der Waals surface area contributed by atoms with Crippen LogP contribution in [0.25, 0.3) is 5.52 Å². The number of anilines is 1. The maximum Gasteiger partial charge on any atom is 0.287 e. The van der Waals surface area contributed by atoms with E-state index in [1.54, 1.807) is 10.6 Å². The van der Waals surface area contributed by atoms with Crippen LogP contribution in [-0.4, -0.2) is 71.0 Å². The largest absolute Gasteiger partial charge is 0.374 e. The fourth-order valence-electron chi connectivity index (χ4n) is 5.20. The second-order valence-corrected chi connectivity index (χ2v) is 9.41. The minimum Gasteiger partial charge on any atom is -0.374 e. The molecule has 2 aliphatic rings. The summed E-state index contributed by atoms with van der Waals surface area (Å²) in [6, 6.07) is 16.0. The van der Waals surface area contributed by atoms with E-state index in [2.05, 4.69) is 15.2 Å². The predicted octanol–water partition coefficient (Wildman–Crippen LogP) is 3.13. The van der Waals surface area contributed by atoms with Crippen LogP contribution in [0.15, 0.2) is 60.9 Å². The van der Waals surface area contributed by atoms with Crippen molar-refractivity contribution in [1.82, 2.24) is 19.6 Å². The zero-order valence-electron chi connectivity index (χ0n) is 20.0. The first-order valence-corrected chi connectivity index (χ1v) is 12.6. The first-order chi connectivity index (χ1) is 17.2. The number of nitrogens with zero attached hydrogens (tertiary/aromatic N) is 4. The zero-order valence-corrected chi connectivity index (χ0v) is 20.0. The van der Waals surface area contributed by atoms with Gasteiger partial charge in [0.15, 0.2) is 0 Å². The van der Waals surface area contributed by atoms with Crippen LogP contribution in [-0.2, 0) is 9.53 Å². The molecule has 1 atom stereocenters. The molecule has 1 saturated carbocycles. The highest BCUT2D eigenvalue weighted by Crippen LogP contribution is 2.27. The molecule has 1 aromatic carbocycles. The molecule has 1 N–H and O–H groups in total. The van der Waals surface area contributed by atoms with Gasteiger partial charge in [0.25, 0.3) is 5.91 Å². The number of amides is 2. The number of morpholine rings is 1. The van der Waals surface area contributed by atoms with Gasteiger partial charge in [0.05, 0.1) is 31.0 Å². The average Bonchev–Trinajstić information content (AvgIpc) is 3.33. The van der Waals surface area contributed by atoms with E-state index < -0.39 is 0 Å². The normalized spacial score (nSPS) is 19.5. The molecule has 184 valence electrons. The van der Waals surface area contributed by atoms with Gasteiger partial charge in [-0.15, -0.1) is 0 Å². The van der Waals surface area contributed by atoms with Crippen LogP contribution in [0, 0.1) is 0 Å². The van der Waals surface area contributed by atoms with E-state index in [-0.39, 0.29) is 24.0 Å². The van der Waals surface area contributed by atoms with Gasteiger partial charge >= 0.3 is 0 Å². The predicted molar refractivity (Wildman–Crippen MR) is 135 cm³/mol. The summed E-state index contributed by atoms with van der Waals surface area (Å²) in [7, 11) is 0. The topological polar surface area (TPSA) is 79.2 Å². The molecule has 3 heterocycles. The summed E-state index contributed by atoms with van der Waals surface area (Å²) in [5.41, 5.74) is 1.85. The minimum atomic E-state index is -0.236. The highest BCUT2D eigenvalue weighted by atomic mass is 16.5. The van der Waals surface area contributed by atoms with Gasteiger partial charge in [-0.25, -0.2) is 4.98 Å². The van der Waals surface area contributed by atoms with E-state index in [9.17, 15) is 9.59 Å². The number of nitrogens with one attached hydrogen (secondary N) is 1. The third kappa shape index (κ3) is 5.55. The van der Waals surface area contributed by atoms with Crippen LogP contribution in [0.1, 0.15) is 42.7 Å². The lowest BCUT2D eigenvalue weighted by atomic mass is 9.93. The van der Waals surface area contributed by atoms with Crippen LogP contribution in [0.3, 0.4) is 0 Å². The summed E-state index contributed by atoms with van der Waals surface area (Å²) in [6.07, 6.45) is 9.04. The monoisotopic (exact) mass is 475 g/mol. The molecule has 1 unspecified atom stereocenters. The molecule has 0 spiro atoms. The number of carbonyl (C=O) groups is 2. The number of aromatic nitrogens is 2. The Kier molecular flexibility index (Phi) is 7.39. The minimum absolute atomic E-state index is 0.136. The van der Waals surface area contributed by atoms with Crippen LogP contribution in [0.2, 0.25) is 0 Å². The van der Waals surface area contributed by atoms with Crippen molar-refractivity contribution in [2.45, 2.75) is 44.2 Å². The molecular weight excluding hydrogens is 442 g/mol. The van der Waals surface area contributed by atoms with Crippen molar-refractivity contribution >= 4 is 23.0 Å². The summed E-state index contributed by atoms with van der Waals surface area (Å²) in [6.45, 7) is 2.56. The SMILES string of the molecule is O=C(NCC1CN(CC(=O)N(c2ccccc2)C2CCCCC2)CCO1)c1ncc2ccccn12. The highest BCUT2D eigenvalue weighted by Gasteiger charge is 2.30. The van der Waals surface area contributed by atoms with Gasteiger partial charge in [0.1, 0.15) is 0 Å². The number of ether oxygens (including phenoxy) is 1. The molecule has 1 saturated heterocycles. The van der Waals surface area contributed by atoms with E-state index >= 15 is 0 Å². The third-order valence-electron chi connectivity index (χ3n) is 6.96. The molecule has 5 rings (SSSR count). The van der Waals surface area contributed by atoms with E-state index in [1.165, 1.54) is 19.3 Å².